The van der Waals surface area contributed by atoms with Crippen molar-refractivity contribution in [3.63, 3.8) is 0 Å². The number of nitrogen functional groups attached to an aromatic ring is 1. The van der Waals surface area contributed by atoms with Crippen molar-refractivity contribution in [3.05, 3.63) is 93.4 Å². The van der Waals surface area contributed by atoms with Crippen molar-refractivity contribution in [3.8, 4) is 0 Å². The van der Waals surface area contributed by atoms with Gasteiger partial charge in [-0.3, -0.25) is 34.7 Å². The minimum Gasteiger partial charge on any atom is -0.399 e. The Kier molecular flexibility index (Phi) is 6.54. The van der Waals surface area contributed by atoms with Crippen LogP contribution in [-0.2, 0) is 14.1 Å². The molecule has 6 aromatic rings. The van der Waals surface area contributed by atoms with Gasteiger partial charge in [0.15, 0.2) is 0 Å². The number of anilines is 1. The predicted molar refractivity (Wildman–Crippen MR) is 137 cm³/mol. The highest BCUT2D eigenvalue weighted by Gasteiger charge is 2.08. The number of fused-ring (bicyclic) bond motifs is 3. The van der Waals surface area contributed by atoms with E-state index < -0.39 is 9.85 Å². The van der Waals surface area contributed by atoms with Crippen LogP contribution in [0.2, 0.25) is 0 Å². The summed E-state index contributed by atoms with van der Waals surface area (Å²) in [4.78, 5) is 20.0. The first-order valence-electron chi connectivity index (χ1n) is 10.5. The fraction of sp³-hybridized carbons (Fsp3) is 0.0870. The van der Waals surface area contributed by atoms with Crippen molar-refractivity contribution in [2.75, 3.05) is 5.73 Å². The number of nitro groups is 2. The van der Waals surface area contributed by atoms with Gasteiger partial charge in [0.1, 0.15) is 0 Å². The first-order chi connectivity index (χ1) is 17.2. The zero-order valence-corrected chi connectivity index (χ0v) is 19.3. The third kappa shape index (κ3) is 5.09. The lowest BCUT2D eigenvalue weighted by Crippen LogP contribution is -1.91. The quantitative estimate of drug-likeness (QED) is 0.205. The van der Waals surface area contributed by atoms with Crippen LogP contribution in [0.5, 0.6) is 0 Å². The largest absolute Gasteiger partial charge is 0.399 e. The number of nitro benzene ring substituents is 2. The zero-order chi connectivity index (χ0) is 25.8. The minimum absolute atomic E-state index is 0. The highest BCUT2D eigenvalue weighted by molar-refractivity contribution is 5.82. The molecule has 13 heteroatoms. The summed E-state index contributed by atoms with van der Waals surface area (Å²) in [7, 11) is 3.66. The topological polar surface area (TPSA) is 177 Å². The molecule has 3 aromatic heterocycles. The number of aromatic nitrogens is 6. The van der Waals surface area contributed by atoms with Crippen LogP contribution in [0.1, 0.15) is 1.43 Å². The van der Waals surface area contributed by atoms with Crippen LogP contribution >= 0.6 is 0 Å². The van der Waals surface area contributed by atoms with Gasteiger partial charge in [0.05, 0.1) is 45.0 Å². The molecule has 0 bridgehead atoms. The summed E-state index contributed by atoms with van der Waals surface area (Å²) >= 11 is 0. The molecule has 0 fully saturated rings. The van der Waals surface area contributed by atoms with Crippen molar-refractivity contribution in [2.24, 2.45) is 14.1 Å². The Bertz CT molecular complexity index is 1710. The SMILES string of the molecule is Cn1ncc2ccc(N)cc21.Cn1ncc2ccc([N+](=O)[O-])cc21.O=[N+]([O-])c1ccc2cn[nH]c2c1.[HH]. The Morgan fingerprint density at radius 3 is 1.92 bits per heavy atom. The van der Waals surface area contributed by atoms with Crippen LogP contribution in [0.3, 0.4) is 0 Å². The summed E-state index contributed by atoms with van der Waals surface area (Å²) in [6, 6.07) is 15.0. The standard InChI is InChI=1S/C8H7N3O2.C8H9N3.C7H5N3O2.H2/c1-10-8-4-7(11(12)13)3-2-6(8)5-9-10;1-11-8-4-7(9)3-2-6(8)5-10-11;11-10(12)6-2-1-5-4-8-9-7(5)3-6;/h2-5H,1H3;2-5H,9H2,1H3;1-4H,(H,8,9);1H. The molecule has 0 aliphatic carbocycles. The second-order valence-electron chi connectivity index (χ2n) is 7.75. The first-order valence-corrected chi connectivity index (χ1v) is 10.5. The molecule has 0 radical (unpaired) electrons. The van der Waals surface area contributed by atoms with Gasteiger partial charge in [-0.2, -0.15) is 15.3 Å². The molecular formula is C23H23N9O4. The summed E-state index contributed by atoms with van der Waals surface area (Å²) in [5.74, 6) is 0. The van der Waals surface area contributed by atoms with E-state index in [9.17, 15) is 20.2 Å². The van der Waals surface area contributed by atoms with Gasteiger partial charge in [-0.1, -0.05) is 0 Å². The van der Waals surface area contributed by atoms with Crippen LogP contribution in [0, 0.1) is 20.2 Å². The van der Waals surface area contributed by atoms with E-state index >= 15 is 0 Å². The molecule has 0 aliphatic rings. The molecule has 0 unspecified atom stereocenters. The van der Waals surface area contributed by atoms with E-state index in [-0.39, 0.29) is 12.8 Å². The van der Waals surface area contributed by atoms with Crippen molar-refractivity contribution in [2.45, 2.75) is 0 Å². The maximum absolute atomic E-state index is 10.5. The molecular weight excluding hydrogens is 466 g/mol. The van der Waals surface area contributed by atoms with Crippen LogP contribution in [0.25, 0.3) is 32.7 Å². The van der Waals surface area contributed by atoms with Crippen LogP contribution in [0.4, 0.5) is 17.1 Å². The number of H-pyrrole nitrogens is 1. The summed E-state index contributed by atoms with van der Waals surface area (Å²) in [5, 5.41) is 38.2. The van der Waals surface area contributed by atoms with E-state index in [0.29, 0.717) is 5.52 Å². The fourth-order valence-corrected chi connectivity index (χ4v) is 3.45. The molecule has 0 amide bonds. The average Bonchev–Trinajstić information content (AvgIpc) is 3.58. The second kappa shape index (κ2) is 9.89. The molecule has 3 aromatic carbocycles. The molecule has 3 N–H and O–H groups in total. The van der Waals surface area contributed by atoms with Crippen molar-refractivity contribution in [1.29, 1.82) is 0 Å². The Morgan fingerprint density at radius 1 is 0.778 bits per heavy atom. The van der Waals surface area contributed by atoms with Crippen LogP contribution < -0.4 is 5.73 Å². The number of non-ortho nitro benzene ring substituents is 2. The number of benzene rings is 3. The first kappa shape index (κ1) is 23.8. The molecule has 36 heavy (non-hydrogen) atoms. The van der Waals surface area contributed by atoms with Gasteiger partial charge in [-0.15, -0.1) is 0 Å². The van der Waals surface area contributed by atoms with E-state index in [1.807, 2.05) is 36.1 Å². The smallest absolute Gasteiger partial charge is 0.271 e. The van der Waals surface area contributed by atoms with E-state index in [0.717, 1.165) is 32.9 Å². The number of hydrogen-bond donors (Lipinski definition) is 2. The Labute approximate surface area is 204 Å². The van der Waals surface area contributed by atoms with Gasteiger partial charge in [-0.25, -0.2) is 0 Å². The van der Waals surface area contributed by atoms with Gasteiger partial charge >= 0.3 is 0 Å². The van der Waals surface area contributed by atoms with E-state index in [1.165, 1.54) is 24.3 Å². The average molecular weight is 489 g/mol. The number of hydrogen-bond acceptors (Lipinski definition) is 8. The molecule has 184 valence electrons. The summed E-state index contributed by atoms with van der Waals surface area (Å²) in [6.45, 7) is 0. The highest BCUT2D eigenvalue weighted by atomic mass is 16.6. The van der Waals surface area contributed by atoms with Gasteiger partial charge in [-0.05, 0) is 30.3 Å². The number of aryl methyl sites for hydroxylation is 2. The Hall–Kier alpha value is -5.33. The monoisotopic (exact) mass is 489 g/mol. The lowest BCUT2D eigenvalue weighted by Gasteiger charge is -1.94. The Balaban J connectivity index is 0.000000153. The van der Waals surface area contributed by atoms with E-state index in [2.05, 4.69) is 20.4 Å². The van der Waals surface area contributed by atoms with Crippen LogP contribution in [-0.4, -0.2) is 39.6 Å². The molecule has 6 rings (SSSR count). The summed E-state index contributed by atoms with van der Waals surface area (Å²) < 4.78 is 3.42. The predicted octanol–water partition coefficient (Wildman–Crippen LogP) is 4.35. The maximum atomic E-state index is 10.5. The van der Waals surface area contributed by atoms with Gasteiger partial charge in [0, 0.05) is 61.6 Å². The normalized spacial score (nSPS) is 10.5. The summed E-state index contributed by atoms with van der Waals surface area (Å²) in [5.41, 5.74) is 9.09. The summed E-state index contributed by atoms with van der Waals surface area (Å²) in [6.07, 6.45) is 5.13. The molecule has 13 nitrogen and oxygen atoms in total. The highest BCUT2D eigenvalue weighted by Crippen LogP contribution is 2.20. The third-order valence-corrected chi connectivity index (χ3v) is 5.35. The van der Waals surface area contributed by atoms with Gasteiger partial charge < -0.3 is 5.73 Å². The van der Waals surface area contributed by atoms with Crippen LogP contribution in [0.15, 0.2) is 73.2 Å². The molecule has 0 saturated carbocycles. The lowest BCUT2D eigenvalue weighted by molar-refractivity contribution is -0.384. The van der Waals surface area contributed by atoms with Gasteiger partial charge in [0.25, 0.3) is 11.4 Å². The molecule has 0 saturated heterocycles. The number of aromatic amines is 1. The van der Waals surface area contributed by atoms with Crippen molar-refractivity contribution in [1.82, 2.24) is 29.8 Å². The van der Waals surface area contributed by atoms with E-state index in [4.69, 9.17) is 5.73 Å². The Morgan fingerprint density at radius 2 is 1.31 bits per heavy atom. The van der Waals surface area contributed by atoms with Crippen molar-refractivity contribution < 1.29 is 11.3 Å². The fourth-order valence-electron chi connectivity index (χ4n) is 3.45. The number of nitrogens with one attached hydrogen (secondary N) is 1. The van der Waals surface area contributed by atoms with Crippen molar-refractivity contribution >= 4 is 49.8 Å². The number of rotatable bonds is 2. The van der Waals surface area contributed by atoms with E-state index in [1.54, 1.807) is 36.3 Å². The zero-order valence-electron chi connectivity index (χ0n) is 19.3. The second-order valence-corrected chi connectivity index (χ2v) is 7.75. The molecule has 3 heterocycles. The maximum Gasteiger partial charge on any atom is 0.271 e. The number of nitrogens with two attached hydrogens (primary N) is 1. The van der Waals surface area contributed by atoms with Gasteiger partial charge in [0.2, 0.25) is 0 Å². The number of nitrogens with zero attached hydrogens (tertiary/aromatic N) is 7. The minimum atomic E-state index is -0.430. The molecule has 0 spiro atoms. The third-order valence-electron chi connectivity index (χ3n) is 5.35. The lowest BCUT2D eigenvalue weighted by atomic mass is 10.2. The molecule has 0 atom stereocenters. The molecule has 0 aliphatic heterocycles.